The quantitative estimate of drug-likeness (QED) is 0.902. The highest BCUT2D eigenvalue weighted by molar-refractivity contribution is 9.10. The molecule has 1 aromatic carbocycles. The molecule has 1 aromatic rings. The molecule has 94 valence electrons. The van der Waals surface area contributed by atoms with E-state index in [0.29, 0.717) is 17.8 Å². The van der Waals surface area contributed by atoms with Gasteiger partial charge in [-0.25, -0.2) is 4.39 Å². The van der Waals surface area contributed by atoms with Crippen LogP contribution in [0.1, 0.15) is 20.3 Å². The molecule has 2 atom stereocenters. The van der Waals surface area contributed by atoms with Crippen molar-refractivity contribution in [1.29, 1.82) is 0 Å². The van der Waals surface area contributed by atoms with Gasteiger partial charge in [-0.1, -0.05) is 22.9 Å². The van der Waals surface area contributed by atoms with Crippen molar-refractivity contribution in [2.75, 3.05) is 18.0 Å². The molecule has 1 aliphatic rings. The average Bonchev–Trinajstić information content (AvgIpc) is 2.32. The van der Waals surface area contributed by atoms with Gasteiger partial charge in [0.15, 0.2) is 0 Å². The summed E-state index contributed by atoms with van der Waals surface area (Å²) in [6.07, 6.45) is 1.02. The summed E-state index contributed by atoms with van der Waals surface area (Å²) < 4.78 is 14.8. The van der Waals surface area contributed by atoms with Gasteiger partial charge in [0.05, 0.1) is 5.69 Å². The highest BCUT2D eigenvalue weighted by atomic mass is 79.9. The molecule has 1 saturated heterocycles. The van der Waals surface area contributed by atoms with E-state index in [1.54, 1.807) is 6.07 Å². The zero-order chi connectivity index (χ0) is 12.4. The van der Waals surface area contributed by atoms with Gasteiger partial charge >= 0.3 is 0 Å². The van der Waals surface area contributed by atoms with Crippen molar-refractivity contribution in [3.8, 4) is 0 Å². The van der Waals surface area contributed by atoms with Crippen LogP contribution < -0.4 is 10.2 Å². The highest BCUT2D eigenvalue weighted by Crippen LogP contribution is 2.27. The molecular weight excluding hydrogens is 283 g/mol. The van der Waals surface area contributed by atoms with E-state index in [0.717, 1.165) is 24.0 Å². The molecule has 1 heterocycles. The second-order valence-corrected chi connectivity index (χ2v) is 5.54. The topological polar surface area (TPSA) is 15.3 Å². The Morgan fingerprint density at radius 1 is 1.53 bits per heavy atom. The highest BCUT2D eigenvalue weighted by Gasteiger charge is 2.26. The molecule has 0 spiro atoms. The van der Waals surface area contributed by atoms with Crippen molar-refractivity contribution in [1.82, 2.24) is 5.32 Å². The molecule has 17 heavy (non-hydrogen) atoms. The molecule has 1 aliphatic heterocycles. The average molecular weight is 301 g/mol. The maximum Gasteiger partial charge on any atom is 0.146 e. The van der Waals surface area contributed by atoms with E-state index in [1.807, 2.05) is 6.07 Å². The summed E-state index contributed by atoms with van der Waals surface area (Å²) in [5.74, 6) is -0.138. The smallest absolute Gasteiger partial charge is 0.146 e. The van der Waals surface area contributed by atoms with E-state index in [9.17, 15) is 4.39 Å². The lowest BCUT2D eigenvalue weighted by Crippen LogP contribution is -2.55. The SMILES string of the molecule is CCC1CNC(C)CN1c1cc(Br)ccc1F. The lowest BCUT2D eigenvalue weighted by atomic mass is 10.1. The van der Waals surface area contributed by atoms with E-state index in [4.69, 9.17) is 0 Å². The summed E-state index contributed by atoms with van der Waals surface area (Å²) in [5, 5.41) is 3.44. The predicted molar refractivity (Wildman–Crippen MR) is 73.0 cm³/mol. The van der Waals surface area contributed by atoms with Crippen molar-refractivity contribution < 1.29 is 4.39 Å². The number of anilines is 1. The maximum atomic E-state index is 13.9. The second-order valence-electron chi connectivity index (χ2n) is 4.62. The first kappa shape index (κ1) is 12.8. The van der Waals surface area contributed by atoms with Crippen molar-refractivity contribution in [3.63, 3.8) is 0 Å². The number of nitrogens with zero attached hydrogens (tertiary/aromatic N) is 1. The first-order valence-electron chi connectivity index (χ1n) is 6.07. The van der Waals surface area contributed by atoms with E-state index in [2.05, 4.69) is 40.0 Å². The standard InChI is InChI=1S/C13H18BrFN2/c1-3-11-7-16-9(2)8-17(11)13-6-10(14)4-5-12(13)15/h4-6,9,11,16H,3,7-8H2,1-2H3. The molecule has 2 rings (SSSR count). The first-order chi connectivity index (χ1) is 8.11. The van der Waals surface area contributed by atoms with Gasteiger partial charge in [0.25, 0.3) is 0 Å². The molecule has 0 bridgehead atoms. The molecule has 1 N–H and O–H groups in total. The van der Waals surface area contributed by atoms with Crippen LogP contribution in [-0.4, -0.2) is 25.2 Å². The molecule has 0 aliphatic carbocycles. The minimum atomic E-state index is -0.138. The van der Waals surface area contributed by atoms with Crippen LogP contribution in [0.5, 0.6) is 0 Å². The summed E-state index contributed by atoms with van der Waals surface area (Å²) in [6.45, 7) is 6.05. The fourth-order valence-corrected chi connectivity index (χ4v) is 2.67. The Kier molecular flexibility index (Phi) is 4.05. The van der Waals surface area contributed by atoms with Crippen molar-refractivity contribution in [2.45, 2.75) is 32.4 Å². The number of hydrogen-bond donors (Lipinski definition) is 1. The van der Waals surface area contributed by atoms with Crippen LogP contribution >= 0.6 is 15.9 Å². The summed E-state index contributed by atoms with van der Waals surface area (Å²) in [7, 11) is 0. The normalized spacial score (nSPS) is 25.1. The Bertz CT molecular complexity index is 397. The number of piperazine rings is 1. The van der Waals surface area contributed by atoms with E-state index < -0.39 is 0 Å². The third-order valence-corrected chi connectivity index (χ3v) is 3.80. The Morgan fingerprint density at radius 2 is 2.29 bits per heavy atom. The van der Waals surface area contributed by atoms with Gasteiger partial charge in [-0.3, -0.25) is 0 Å². The number of hydrogen-bond acceptors (Lipinski definition) is 2. The summed E-state index contributed by atoms with van der Waals surface area (Å²) in [4.78, 5) is 2.18. The number of halogens is 2. The van der Waals surface area contributed by atoms with Crippen LogP contribution in [0.3, 0.4) is 0 Å². The summed E-state index contributed by atoms with van der Waals surface area (Å²) >= 11 is 3.41. The molecular formula is C13H18BrFN2. The van der Waals surface area contributed by atoms with E-state index >= 15 is 0 Å². The van der Waals surface area contributed by atoms with E-state index in [-0.39, 0.29) is 5.82 Å². The van der Waals surface area contributed by atoms with Gasteiger partial charge in [0.1, 0.15) is 5.82 Å². The Balaban J connectivity index is 2.31. The van der Waals surface area contributed by atoms with Crippen LogP contribution in [0.4, 0.5) is 10.1 Å². The second kappa shape index (κ2) is 5.36. The molecule has 4 heteroatoms. The third-order valence-electron chi connectivity index (χ3n) is 3.30. The van der Waals surface area contributed by atoms with Crippen molar-refractivity contribution in [2.24, 2.45) is 0 Å². The van der Waals surface area contributed by atoms with Crippen LogP contribution in [0, 0.1) is 5.82 Å². The van der Waals surface area contributed by atoms with Crippen molar-refractivity contribution in [3.05, 3.63) is 28.5 Å². The molecule has 0 aromatic heterocycles. The number of nitrogens with one attached hydrogen (secondary N) is 1. The zero-order valence-electron chi connectivity index (χ0n) is 10.2. The third kappa shape index (κ3) is 2.80. The number of rotatable bonds is 2. The number of benzene rings is 1. The van der Waals surface area contributed by atoms with Gasteiger partial charge in [0, 0.05) is 29.6 Å². The van der Waals surface area contributed by atoms with Crippen LogP contribution in [0.25, 0.3) is 0 Å². The lowest BCUT2D eigenvalue weighted by molar-refractivity contribution is 0.398. The fraction of sp³-hybridized carbons (Fsp3) is 0.538. The van der Waals surface area contributed by atoms with Gasteiger partial charge in [-0.15, -0.1) is 0 Å². The minimum absolute atomic E-state index is 0.138. The lowest BCUT2D eigenvalue weighted by Gasteiger charge is -2.40. The van der Waals surface area contributed by atoms with E-state index in [1.165, 1.54) is 6.07 Å². The molecule has 0 radical (unpaired) electrons. The van der Waals surface area contributed by atoms with Crippen molar-refractivity contribution >= 4 is 21.6 Å². The molecule has 2 nitrogen and oxygen atoms in total. The monoisotopic (exact) mass is 300 g/mol. The fourth-order valence-electron chi connectivity index (χ4n) is 2.32. The summed E-state index contributed by atoms with van der Waals surface area (Å²) in [6, 6.07) is 5.91. The van der Waals surface area contributed by atoms with Gasteiger partial charge in [-0.05, 0) is 31.5 Å². The molecule has 0 saturated carbocycles. The van der Waals surface area contributed by atoms with Gasteiger partial charge in [-0.2, -0.15) is 0 Å². The van der Waals surface area contributed by atoms with Crippen LogP contribution in [-0.2, 0) is 0 Å². The molecule has 0 amide bonds. The van der Waals surface area contributed by atoms with Crippen LogP contribution in [0.2, 0.25) is 0 Å². The van der Waals surface area contributed by atoms with Gasteiger partial charge in [0.2, 0.25) is 0 Å². The maximum absolute atomic E-state index is 13.9. The largest absolute Gasteiger partial charge is 0.363 e. The zero-order valence-corrected chi connectivity index (χ0v) is 11.8. The molecule has 2 unspecified atom stereocenters. The molecule has 1 fully saturated rings. The minimum Gasteiger partial charge on any atom is -0.363 e. The Hall–Kier alpha value is -0.610. The van der Waals surface area contributed by atoms with Crippen LogP contribution in [0.15, 0.2) is 22.7 Å². The van der Waals surface area contributed by atoms with Gasteiger partial charge < -0.3 is 10.2 Å². The Labute approximate surface area is 110 Å². The summed E-state index contributed by atoms with van der Waals surface area (Å²) in [5.41, 5.74) is 0.708. The predicted octanol–water partition coefficient (Wildman–Crippen LogP) is 3.16. The first-order valence-corrected chi connectivity index (χ1v) is 6.86. The Morgan fingerprint density at radius 3 is 3.00 bits per heavy atom.